The van der Waals surface area contributed by atoms with Crippen molar-refractivity contribution in [2.75, 3.05) is 6.61 Å². The van der Waals surface area contributed by atoms with E-state index in [9.17, 15) is 0 Å². The van der Waals surface area contributed by atoms with Crippen molar-refractivity contribution in [3.05, 3.63) is 29.5 Å². The quantitative estimate of drug-likeness (QED) is 0.766. The Morgan fingerprint density at radius 3 is 2.67 bits per heavy atom. The lowest BCUT2D eigenvalue weighted by Crippen LogP contribution is -2.22. The second-order valence-electron chi connectivity index (χ2n) is 5.77. The summed E-state index contributed by atoms with van der Waals surface area (Å²) in [5, 5.41) is 4.65. The summed E-state index contributed by atoms with van der Waals surface area (Å²) in [6.45, 7) is 10.1. The Morgan fingerprint density at radius 1 is 1.19 bits per heavy atom. The van der Waals surface area contributed by atoms with Crippen LogP contribution in [-0.4, -0.2) is 12.6 Å². The maximum absolute atomic E-state index is 6.14. The van der Waals surface area contributed by atoms with Gasteiger partial charge in [0.05, 0.1) is 13.2 Å². The predicted octanol–water partition coefficient (Wildman–Crippen LogP) is 4.67. The normalized spacial score (nSPS) is 11.5. The average molecular weight is 289 g/mol. The van der Waals surface area contributed by atoms with Crippen molar-refractivity contribution >= 4 is 11.0 Å². The molecular formula is C18H27NO2. The van der Waals surface area contributed by atoms with Gasteiger partial charge in [-0.15, -0.1) is 0 Å². The van der Waals surface area contributed by atoms with Gasteiger partial charge in [-0.2, -0.15) is 0 Å². The minimum atomic E-state index is 0.448. The van der Waals surface area contributed by atoms with Crippen molar-refractivity contribution in [2.24, 2.45) is 0 Å². The summed E-state index contributed by atoms with van der Waals surface area (Å²) >= 11 is 0. The Bertz CT molecular complexity index is 572. The first kappa shape index (κ1) is 15.9. The average Bonchev–Trinajstić information content (AvgIpc) is 2.82. The van der Waals surface area contributed by atoms with Gasteiger partial charge in [-0.1, -0.05) is 46.2 Å². The second kappa shape index (κ2) is 7.51. The van der Waals surface area contributed by atoms with Crippen molar-refractivity contribution in [2.45, 2.75) is 59.5 Å². The highest BCUT2D eigenvalue weighted by molar-refractivity contribution is 5.87. The molecule has 1 aromatic carbocycles. The van der Waals surface area contributed by atoms with Crippen molar-refractivity contribution in [1.82, 2.24) is 5.32 Å². The number of fused-ring (bicyclic) bond motifs is 1. The molecule has 21 heavy (non-hydrogen) atoms. The summed E-state index contributed by atoms with van der Waals surface area (Å²) < 4.78 is 12.0. The summed E-state index contributed by atoms with van der Waals surface area (Å²) in [5.41, 5.74) is 2.22. The van der Waals surface area contributed by atoms with E-state index in [1.165, 1.54) is 10.9 Å². The van der Waals surface area contributed by atoms with Crippen LogP contribution in [0.4, 0.5) is 0 Å². The standard InChI is InChI=1S/C18H27NO2/c1-5-8-14-15-9-7-10-16(20-11-6-2)18(15)21-17(14)12-19-13(3)4/h7,9-10,13,19H,5-6,8,11-12H2,1-4H3. The number of rotatable bonds is 8. The number of furan rings is 1. The molecule has 3 nitrogen and oxygen atoms in total. The molecule has 2 aromatic rings. The zero-order chi connectivity index (χ0) is 15.2. The van der Waals surface area contributed by atoms with Gasteiger partial charge in [0.1, 0.15) is 5.76 Å². The van der Waals surface area contributed by atoms with Crippen molar-refractivity contribution < 1.29 is 9.15 Å². The fourth-order valence-corrected chi connectivity index (χ4v) is 2.48. The first-order chi connectivity index (χ1) is 10.2. The van der Waals surface area contributed by atoms with Gasteiger partial charge in [0.15, 0.2) is 11.3 Å². The third kappa shape index (κ3) is 3.79. The van der Waals surface area contributed by atoms with E-state index in [4.69, 9.17) is 9.15 Å². The molecule has 1 heterocycles. The van der Waals surface area contributed by atoms with E-state index in [1.807, 2.05) is 6.07 Å². The van der Waals surface area contributed by atoms with Gasteiger partial charge in [0.2, 0.25) is 0 Å². The van der Waals surface area contributed by atoms with Gasteiger partial charge in [-0.3, -0.25) is 0 Å². The molecule has 0 unspecified atom stereocenters. The van der Waals surface area contributed by atoms with E-state index in [0.717, 1.165) is 49.5 Å². The molecule has 3 heteroatoms. The largest absolute Gasteiger partial charge is 0.490 e. The Morgan fingerprint density at radius 2 is 2.00 bits per heavy atom. The SMILES string of the molecule is CCCOc1cccc2c(CCC)c(CNC(C)C)oc12. The predicted molar refractivity (Wildman–Crippen MR) is 88.0 cm³/mol. The summed E-state index contributed by atoms with van der Waals surface area (Å²) in [6, 6.07) is 6.64. The summed E-state index contributed by atoms with van der Waals surface area (Å²) in [7, 11) is 0. The van der Waals surface area contributed by atoms with E-state index in [-0.39, 0.29) is 0 Å². The monoisotopic (exact) mass is 289 g/mol. The third-order valence-corrected chi connectivity index (χ3v) is 3.50. The Hall–Kier alpha value is -1.48. The molecule has 0 amide bonds. The maximum atomic E-state index is 6.14. The zero-order valence-electron chi connectivity index (χ0n) is 13.7. The maximum Gasteiger partial charge on any atom is 0.176 e. The first-order valence-electron chi connectivity index (χ1n) is 8.06. The van der Waals surface area contributed by atoms with Crippen LogP contribution in [0.15, 0.2) is 22.6 Å². The molecular weight excluding hydrogens is 262 g/mol. The molecule has 0 bridgehead atoms. The topological polar surface area (TPSA) is 34.4 Å². The van der Waals surface area contributed by atoms with Crippen molar-refractivity contribution in [3.63, 3.8) is 0 Å². The van der Waals surface area contributed by atoms with Crippen molar-refractivity contribution in [1.29, 1.82) is 0 Å². The van der Waals surface area contributed by atoms with Gasteiger partial charge < -0.3 is 14.5 Å². The molecule has 0 saturated carbocycles. The molecule has 0 aliphatic carbocycles. The molecule has 116 valence electrons. The van der Waals surface area contributed by atoms with Crippen LogP contribution in [0.3, 0.4) is 0 Å². The van der Waals surface area contributed by atoms with E-state index < -0.39 is 0 Å². The first-order valence-corrected chi connectivity index (χ1v) is 8.06. The van der Waals surface area contributed by atoms with E-state index in [2.05, 4.69) is 45.1 Å². The number of hydrogen-bond acceptors (Lipinski definition) is 3. The molecule has 0 aliphatic rings. The third-order valence-electron chi connectivity index (χ3n) is 3.50. The highest BCUT2D eigenvalue weighted by Crippen LogP contribution is 2.33. The molecule has 1 N–H and O–H groups in total. The molecule has 0 radical (unpaired) electrons. The van der Waals surface area contributed by atoms with Crippen LogP contribution in [0.25, 0.3) is 11.0 Å². The van der Waals surface area contributed by atoms with Crippen LogP contribution in [-0.2, 0) is 13.0 Å². The smallest absolute Gasteiger partial charge is 0.176 e. The lowest BCUT2D eigenvalue weighted by molar-refractivity contribution is 0.315. The van der Waals surface area contributed by atoms with Crippen LogP contribution in [0, 0.1) is 0 Å². The minimum Gasteiger partial charge on any atom is -0.490 e. The van der Waals surface area contributed by atoms with E-state index >= 15 is 0 Å². The molecule has 1 aromatic heterocycles. The molecule has 0 fully saturated rings. The molecule has 0 aliphatic heterocycles. The van der Waals surface area contributed by atoms with E-state index in [0.29, 0.717) is 6.04 Å². The van der Waals surface area contributed by atoms with Crippen LogP contribution in [0.1, 0.15) is 51.9 Å². The van der Waals surface area contributed by atoms with Crippen LogP contribution in [0.2, 0.25) is 0 Å². The summed E-state index contributed by atoms with van der Waals surface area (Å²) in [6.07, 6.45) is 3.16. The van der Waals surface area contributed by atoms with Gasteiger partial charge in [0.25, 0.3) is 0 Å². The molecule has 0 spiro atoms. The summed E-state index contributed by atoms with van der Waals surface area (Å²) in [5.74, 6) is 1.91. The number of aryl methyl sites for hydroxylation is 1. The van der Waals surface area contributed by atoms with Gasteiger partial charge in [0, 0.05) is 17.0 Å². The summed E-state index contributed by atoms with van der Waals surface area (Å²) in [4.78, 5) is 0. The Balaban J connectivity index is 2.39. The van der Waals surface area contributed by atoms with Crippen LogP contribution >= 0.6 is 0 Å². The highest BCUT2D eigenvalue weighted by atomic mass is 16.5. The van der Waals surface area contributed by atoms with Gasteiger partial charge >= 0.3 is 0 Å². The minimum absolute atomic E-state index is 0.448. The number of ether oxygens (including phenoxy) is 1. The lowest BCUT2D eigenvalue weighted by atomic mass is 10.1. The Labute approximate surface area is 127 Å². The van der Waals surface area contributed by atoms with Gasteiger partial charge in [-0.05, 0) is 18.9 Å². The number of nitrogens with one attached hydrogen (secondary N) is 1. The van der Waals surface area contributed by atoms with Crippen LogP contribution in [0.5, 0.6) is 5.75 Å². The zero-order valence-corrected chi connectivity index (χ0v) is 13.7. The highest BCUT2D eigenvalue weighted by Gasteiger charge is 2.16. The van der Waals surface area contributed by atoms with Crippen LogP contribution < -0.4 is 10.1 Å². The number of para-hydroxylation sites is 1. The lowest BCUT2D eigenvalue weighted by Gasteiger charge is -2.07. The fourth-order valence-electron chi connectivity index (χ4n) is 2.48. The second-order valence-corrected chi connectivity index (χ2v) is 5.77. The molecule has 2 rings (SSSR count). The van der Waals surface area contributed by atoms with Crippen molar-refractivity contribution in [3.8, 4) is 5.75 Å². The van der Waals surface area contributed by atoms with Gasteiger partial charge in [-0.25, -0.2) is 0 Å². The van der Waals surface area contributed by atoms with E-state index in [1.54, 1.807) is 0 Å². The number of benzene rings is 1. The molecule has 0 saturated heterocycles. The number of hydrogen-bond donors (Lipinski definition) is 1. The molecule has 0 atom stereocenters. The Kier molecular flexibility index (Phi) is 5.68. The fraction of sp³-hybridized carbons (Fsp3) is 0.556.